The van der Waals surface area contributed by atoms with Crippen molar-refractivity contribution >= 4 is 12.1 Å². The number of carbonyl (C=O) groups is 2. The SMILES string of the molecule is CCCCCCC1(C(=O)Oc2cc(F)c3c(c2)[C@@]2(C)CCCCC[C@@H](C3)[C@@H]2NC(=O)OC(C)(C)C)CC1. The van der Waals surface area contributed by atoms with Crippen molar-refractivity contribution in [3.63, 3.8) is 0 Å². The normalized spacial score (nSPS) is 26.3. The zero-order valence-electron chi connectivity index (χ0n) is 23.5. The molecule has 1 N–H and O–H groups in total. The first-order valence-electron chi connectivity index (χ1n) is 14.5. The minimum Gasteiger partial charge on any atom is -0.444 e. The Kier molecular flexibility index (Phi) is 8.25. The van der Waals surface area contributed by atoms with Crippen molar-refractivity contribution in [3.8, 4) is 5.75 Å². The molecule has 1 aromatic rings. The molecule has 2 fully saturated rings. The molecule has 3 aliphatic rings. The van der Waals surface area contributed by atoms with Gasteiger partial charge in [-0.05, 0) is 82.4 Å². The van der Waals surface area contributed by atoms with Crippen molar-refractivity contribution in [2.75, 3.05) is 0 Å². The highest BCUT2D eigenvalue weighted by Crippen LogP contribution is 2.52. The van der Waals surface area contributed by atoms with Crippen LogP contribution in [0.4, 0.5) is 9.18 Å². The highest BCUT2D eigenvalue weighted by atomic mass is 19.1. The molecule has 3 aliphatic carbocycles. The van der Waals surface area contributed by atoms with Crippen LogP contribution < -0.4 is 10.1 Å². The van der Waals surface area contributed by atoms with Gasteiger partial charge in [0, 0.05) is 17.5 Å². The van der Waals surface area contributed by atoms with E-state index >= 15 is 4.39 Å². The van der Waals surface area contributed by atoms with E-state index in [1.165, 1.54) is 12.5 Å². The molecule has 37 heavy (non-hydrogen) atoms. The maximum Gasteiger partial charge on any atom is 0.407 e. The summed E-state index contributed by atoms with van der Waals surface area (Å²) in [5.41, 5.74) is 0.105. The third-order valence-corrected chi connectivity index (χ3v) is 8.86. The average molecular weight is 516 g/mol. The molecule has 1 aromatic carbocycles. The van der Waals surface area contributed by atoms with Crippen molar-refractivity contribution in [1.82, 2.24) is 5.32 Å². The summed E-state index contributed by atoms with van der Waals surface area (Å²) < 4.78 is 27.1. The van der Waals surface area contributed by atoms with E-state index in [4.69, 9.17) is 9.47 Å². The molecule has 0 radical (unpaired) electrons. The first kappa shape index (κ1) is 27.9. The molecule has 3 atom stereocenters. The number of hydrogen-bond donors (Lipinski definition) is 1. The lowest BCUT2D eigenvalue weighted by Gasteiger charge is -2.49. The number of fused-ring (bicyclic) bond motifs is 4. The van der Waals surface area contributed by atoms with Crippen LogP contribution >= 0.6 is 0 Å². The average Bonchev–Trinajstić information content (AvgIpc) is 3.59. The van der Waals surface area contributed by atoms with Gasteiger partial charge in [0.15, 0.2) is 0 Å². The third-order valence-electron chi connectivity index (χ3n) is 8.86. The lowest BCUT2D eigenvalue weighted by molar-refractivity contribution is -0.140. The Morgan fingerprint density at radius 3 is 2.51 bits per heavy atom. The molecule has 4 rings (SSSR count). The Balaban J connectivity index is 1.59. The van der Waals surface area contributed by atoms with Gasteiger partial charge in [0.25, 0.3) is 0 Å². The van der Waals surface area contributed by atoms with Gasteiger partial charge in [-0.2, -0.15) is 0 Å². The van der Waals surface area contributed by atoms with Crippen LogP contribution in [0, 0.1) is 17.2 Å². The second-order valence-electron chi connectivity index (χ2n) is 13.0. The van der Waals surface area contributed by atoms with E-state index in [1.54, 1.807) is 0 Å². The van der Waals surface area contributed by atoms with Crippen LogP contribution in [0.2, 0.25) is 0 Å². The number of rotatable bonds is 8. The number of hydrogen-bond acceptors (Lipinski definition) is 4. The van der Waals surface area contributed by atoms with Crippen molar-refractivity contribution in [2.24, 2.45) is 11.3 Å². The van der Waals surface area contributed by atoms with Crippen LogP contribution in [0.15, 0.2) is 12.1 Å². The third kappa shape index (κ3) is 6.31. The second-order valence-corrected chi connectivity index (χ2v) is 13.0. The highest BCUT2D eigenvalue weighted by molar-refractivity contribution is 5.82. The van der Waals surface area contributed by atoms with Crippen molar-refractivity contribution in [2.45, 2.75) is 135 Å². The van der Waals surface area contributed by atoms with E-state index in [0.717, 1.165) is 76.2 Å². The number of unbranched alkanes of at least 4 members (excludes halogenated alkanes) is 3. The molecule has 1 amide bonds. The Labute approximate surface area is 222 Å². The summed E-state index contributed by atoms with van der Waals surface area (Å²) in [5, 5.41) is 3.18. The van der Waals surface area contributed by atoms with Gasteiger partial charge >= 0.3 is 12.1 Å². The van der Waals surface area contributed by atoms with Crippen molar-refractivity contribution < 1.29 is 23.5 Å². The predicted octanol–water partition coefficient (Wildman–Crippen LogP) is 7.77. The molecule has 6 heteroatoms. The van der Waals surface area contributed by atoms with Gasteiger partial charge in [-0.3, -0.25) is 4.79 Å². The van der Waals surface area contributed by atoms with Gasteiger partial charge < -0.3 is 14.8 Å². The van der Waals surface area contributed by atoms with Crippen LogP contribution in [0.1, 0.15) is 123 Å². The summed E-state index contributed by atoms with van der Waals surface area (Å²) in [6.45, 7) is 9.88. The number of halogens is 1. The van der Waals surface area contributed by atoms with Crippen LogP contribution in [0.5, 0.6) is 5.75 Å². The zero-order chi connectivity index (χ0) is 26.8. The van der Waals surface area contributed by atoms with Crippen LogP contribution in [0.3, 0.4) is 0 Å². The highest BCUT2D eigenvalue weighted by Gasteiger charge is 2.51. The van der Waals surface area contributed by atoms with E-state index in [0.29, 0.717) is 17.7 Å². The smallest absolute Gasteiger partial charge is 0.407 e. The van der Waals surface area contributed by atoms with Gasteiger partial charge in [-0.1, -0.05) is 58.8 Å². The fraction of sp³-hybridized carbons (Fsp3) is 0.742. The fourth-order valence-electron chi connectivity index (χ4n) is 6.61. The zero-order valence-corrected chi connectivity index (χ0v) is 23.5. The maximum absolute atomic E-state index is 15.6. The Hall–Kier alpha value is -2.11. The van der Waals surface area contributed by atoms with E-state index in [1.807, 2.05) is 26.8 Å². The molecule has 2 bridgehead atoms. The van der Waals surface area contributed by atoms with Crippen molar-refractivity contribution in [3.05, 3.63) is 29.1 Å². The largest absolute Gasteiger partial charge is 0.444 e. The predicted molar refractivity (Wildman–Crippen MR) is 143 cm³/mol. The van der Waals surface area contributed by atoms with Gasteiger partial charge in [0.05, 0.1) is 5.41 Å². The van der Waals surface area contributed by atoms with Crippen LogP contribution in [-0.2, 0) is 21.4 Å². The minimum absolute atomic E-state index is 0.131. The van der Waals surface area contributed by atoms with Gasteiger partial charge in [0.2, 0.25) is 0 Å². The summed E-state index contributed by atoms with van der Waals surface area (Å²) in [5.74, 6) is -0.103. The monoisotopic (exact) mass is 515 g/mol. The topological polar surface area (TPSA) is 64.6 Å². The van der Waals surface area contributed by atoms with E-state index in [2.05, 4.69) is 19.2 Å². The lowest BCUT2D eigenvalue weighted by atomic mass is 9.59. The Bertz CT molecular complexity index is 996. The quantitative estimate of drug-likeness (QED) is 0.218. The summed E-state index contributed by atoms with van der Waals surface area (Å²) in [6.07, 6.45) is 12.1. The molecule has 0 saturated heterocycles. The molecular weight excluding hydrogens is 469 g/mol. The summed E-state index contributed by atoms with van der Waals surface area (Å²) in [4.78, 5) is 26.0. The Morgan fingerprint density at radius 2 is 1.84 bits per heavy atom. The number of ether oxygens (including phenoxy) is 2. The number of alkyl carbamates (subject to hydrolysis) is 1. The first-order valence-corrected chi connectivity index (χ1v) is 14.5. The summed E-state index contributed by atoms with van der Waals surface area (Å²) >= 11 is 0. The molecule has 5 nitrogen and oxygen atoms in total. The molecule has 0 spiro atoms. The maximum atomic E-state index is 15.6. The molecule has 2 saturated carbocycles. The standard InChI is InChI=1S/C31H46FNO4/c1-6-7-8-12-15-31(16-17-31)27(34)36-22-19-24-23(25(32)20-22)18-21-13-10-9-11-14-30(24,5)26(21)33-28(35)37-29(2,3)4/h19-21,26H,6-18H2,1-5H3,(H,33,35)/t21-,26-,30+/m0/s1. The van der Waals surface area contributed by atoms with E-state index in [9.17, 15) is 9.59 Å². The number of benzene rings is 1. The molecule has 206 valence electrons. The minimum atomic E-state index is -0.595. The van der Waals surface area contributed by atoms with Gasteiger partial charge in [-0.15, -0.1) is 0 Å². The van der Waals surface area contributed by atoms with Crippen LogP contribution in [0.25, 0.3) is 0 Å². The lowest BCUT2D eigenvalue weighted by Crippen LogP contribution is -2.57. The van der Waals surface area contributed by atoms with Crippen molar-refractivity contribution in [1.29, 1.82) is 0 Å². The molecule has 0 aliphatic heterocycles. The second kappa shape index (κ2) is 10.9. The summed E-state index contributed by atoms with van der Waals surface area (Å²) in [7, 11) is 0. The molecule has 0 unspecified atom stereocenters. The number of carbonyl (C=O) groups excluding carboxylic acids is 2. The van der Waals surface area contributed by atoms with Gasteiger partial charge in [-0.25, -0.2) is 9.18 Å². The van der Waals surface area contributed by atoms with E-state index in [-0.39, 0.29) is 23.7 Å². The van der Waals surface area contributed by atoms with E-state index < -0.39 is 22.5 Å². The number of nitrogens with one attached hydrogen (secondary N) is 1. The van der Waals surface area contributed by atoms with Crippen LogP contribution in [-0.4, -0.2) is 23.7 Å². The summed E-state index contributed by atoms with van der Waals surface area (Å²) in [6, 6.07) is 3.11. The number of amides is 1. The Morgan fingerprint density at radius 1 is 1.08 bits per heavy atom. The van der Waals surface area contributed by atoms with Gasteiger partial charge in [0.1, 0.15) is 17.2 Å². The molecule has 0 aromatic heterocycles. The first-order chi connectivity index (χ1) is 17.5. The number of esters is 1. The fourth-order valence-corrected chi connectivity index (χ4v) is 6.61. The molecular formula is C31H46FNO4. The molecule has 0 heterocycles.